The molecule has 0 saturated carbocycles. The predicted octanol–water partition coefficient (Wildman–Crippen LogP) is 3.73. The summed E-state index contributed by atoms with van der Waals surface area (Å²) < 4.78 is 5.69. The highest BCUT2D eigenvalue weighted by molar-refractivity contribution is 6.30. The van der Waals surface area contributed by atoms with Gasteiger partial charge in [0.2, 0.25) is 5.88 Å². The van der Waals surface area contributed by atoms with Crippen LogP contribution in [0, 0.1) is 6.92 Å². The molecule has 0 aromatic carbocycles. The second-order valence-electron chi connectivity index (χ2n) is 4.94. The average molecular weight is 292 g/mol. The van der Waals surface area contributed by atoms with Crippen LogP contribution in [0.25, 0.3) is 0 Å². The molecule has 0 saturated heterocycles. The molecular weight excluding hydrogens is 274 g/mol. The molecular formula is C15H18ClN3O. The van der Waals surface area contributed by atoms with E-state index in [9.17, 15) is 0 Å². The SMILES string of the molecule is Cc1cc(CNC(C)C)cnc1Oc1cncc(Cl)c1. The predicted molar refractivity (Wildman–Crippen MR) is 80.3 cm³/mol. The molecule has 0 bridgehead atoms. The summed E-state index contributed by atoms with van der Waals surface area (Å²) in [6.07, 6.45) is 4.99. The lowest BCUT2D eigenvalue weighted by Crippen LogP contribution is -2.21. The monoisotopic (exact) mass is 291 g/mol. The fraction of sp³-hybridized carbons (Fsp3) is 0.333. The van der Waals surface area contributed by atoms with E-state index in [1.165, 1.54) is 0 Å². The van der Waals surface area contributed by atoms with E-state index in [-0.39, 0.29) is 0 Å². The first-order chi connectivity index (χ1) is 9.54. The number of ether oxygens (including phenoxy) is 1. The summed E-state index contributed by atoms with van der Waals surface area (Å²) >= 11 is 5.88. The minimum Gasteiger partial charge on any atom is -0.437 e. The maximum absolute atomic E-state index is 5.88. The molecule has 2 heterocycles. The van der Waals surface area contributed by atoms with E-state index in [1.54, 1.807) is 18.5 Å². The summed E-state index contributed by atoms with van der Waals surface area (Å²) in [5.41, 5.74) is 2.11. The Morgan fingerprint density at radius 1 is 1.25 bits per heavy atom. The van der Waals surface area contributed by atoms with Crippen LogP contribution in [0.2, 0.25) is 5.02 Å². The number of halogens is 1. The van der Waals surface area contributed by atoms with Crippen molar-refractivity contribution in [1.82, 2.24) is 15.3 Å². The van der Waals surface area contributed by atoms with Crippen molar-refractivity contribution in [3.8, 4) is 11.6 Å². The Bertz CT molecular complexity index is 587. The van der Waals surface area contributed by atoms with Crippen molar-refractivity contribution >= 4 is 11.6 Å². The lowest BCUT2D eigenvalue weighted by Gasteiger charge is -2.11. The lowest BCUT2D eigenvalue weighted by atomic mass is 10.2. The van der Waals surface area contributed by atoms with Gasteiger partial charge in [-0.3, -0.25) is 4.98 Å². The minimum absolute atomic E-state index is 0.448. The summed E-state index contributed by atoms with van der Waals surface area (Å²) in [5, 5.41) is 3.90. The van der Waals surface area contributed by atoms with E-state index in [0.717, 1.165) is 17.7 Å². The summed E-state index contributed by atoms with van der Waals surface area (Å²) in [5.74, 6) is 1.16. The summed E-state index contributed by atoms with van der Waals surface area (Å²) in [6, 6.07) is 4.23. The van der Waals surface area contributed by atoms with Gasteiger partial charge in [-0.05, 0) is 18.6 Å². The highest BCUT2D eigenvalue weighted by Crippen LogP contribution is 2.24. The fourth-order valence-corrected chi connectivity index (χ4v) is 1.87. The third kappa shape index (κ3) is 4.18. The van der Waals surface area contributed by atoms with Crippen molar-refractivity contribution < 1.29 is 4.74 Å². The van der Waals surface area contributed by atoms with Crippen LogP contribution in [0.3, 0.4) is 0 Å². The summed E-state index contributed by atoms with van der Waals surface area (Å²) in [6.45, 7) is 7.00. The maximum Gasteiger partial charge on any atom is 0.222 e. The quantitative estimate of drug-likeness (QED) is 0.912. The summed E-state index contributed by atoms with van der Waals surface area (Å²) in [7, 11) is 0. The second kappa shape index (κ2) is 6.68. The third-order valence-corrected chi connectivity index (χ3v) is 2.90. The molecule has 4 nitrogen and oxygen atoms in total. The lowest BCUT2D eigenvalue weighted by molar-refractivity contribution is 0.456. The van der Waals surface area contributed by atoms with Crippen LogP contribution in [-0.4, -0.2) is 16.0 Å². The van der Waals surface area contributed by atoms with Gasteiger partial charge in [0.05, 0.1) is 11.2 Å². The topological polar surface area (TPSA) is 47.0 Å². The number of aryl methyl sites for hydroxylation is 1. The Labute approximate surface area is 124 Å². The van der Waals surface area contributed by atoms with E-state index in [0.29, 0.717) is 22.7 Å². The summed E-state index contributed by atoms with van der Waals surface area (Å²) in [4.78, 5) is 8.33. The van der Waals surface area contributed by atoms with E-state index < -0.39 is 0 Å². The Morgan fingerprint density at radius 3 is 2.70 bits per heavy atom. The number of nitrogens with zero attached hydrogens (tertiary/aromatic N) is 2. The minimum atomic E-state index is 0.448. The zero-order chi connectivity index (χ0) is 14.5. The Balaban J connectivity index is 2.09. The molecule has 106 valence electrons. The van der Waals surface area contributed by atoms with Gasteiger partial charge in [-0.25, -0.2) is 4.98 Å². The first-order valence-corrected chi connectivity index (χ1v) is 6.89. The molecule has 2 aromatic rings. The Kier molecular flexibility index (Phi) is 4.93. The molecule has 1 N–H and O–H groups in total. The van der Waals surface area contributed by atoms with E-state index in [1.807, 2.05) is 13.1 Å². The number of hydrogen-bond acceptors (Lipinski definition) is 4. The number of aromatic nitrogens is 2. The molecule has 0 aliphatic heterocycles. The smallest absolute Gasteiger partial charge is 0.222 e. The van der Waals surface area contributed by atoms with Crippen molar-refractivity contribution in [2.75, 3.05) is 0 Å². The van der Waals surface area contributed by atoms with Crippen LogP contribution in [-0.2, 0) is 6.54 Å². The normalized spacial score (nSPS) is 10.8. The van der Waals surface area contributed by atoms with Gasteiger partial charge in [0.15, 0.2) is 0 Å². The molecule has 0 unspecified atom stereocenters. The third-order valence-electron chi connectivity index (χ3n) is 2.70. The van der Waals surface area contributed by atoms with Crippen molar-refractivity contribution in [3.63, 3.8) is 0 Å². The van der Waals surface area contributed by atoms with Crippen molar-refractivity contribution in [3.05, 3.63) is 46.9 Å². The second-order valence-corrected chi connectivity index (χ2v) is 5.38. The van der Waals surface area contributed by atoms with Crippen LogP contribution in [0.1, 0.15) is 25.0 Å². The molecule has 0 aliphatic rings. The molecule has 0 aliphatic carbocycles. The number of rotatable bonds is 5. The molecule has 5 heteroatoms. The first-order valence-electron chi connectivity index (χ1n) is 6.52. The van der Waals surface area contributed by atoms with E-state index >= 15 is 0 Å². The first kappa shape index (κ1) is 14.8. The molecule has 0 amide bonds. The molecule has 2 aromatic heterocycles. The fourth-order valence-electron chi connectivity index (χ4n) is 1.71. The van der Waals surface area contributed by atoms with E-state index in [4.69, 9.17) is 16.3 Å². The van der Waals surface area contributed by atoms with Gasteiger partial charge in [-0.2, -0.15) is 0 Å². The molecule has 2 rings (SSSR count). The highest BCUT2D eigenvalue weighted by atomic mass is 35.5. The van der Waals surface area contributed by atoms with Crippen LogP contribution in [0.4, 0.5) is 0 Å². The zero-order valence-corrected chi connectivity index (χ0v) is 12.6. The van der Waals surface area contributed by atoms with Crippen molar-refractivity contribution in [2.45, 2.75) is 33.4 Å². The Hall–Kier alpha value is -1.65. The highest BCUT2D eigenvalue weighted by Gasteiger charge is 2.06. The van der Waals surface area contributed by atoms with Crippen LogP contribution < -0.4 is 10.1 Å². The average Bonchev–Trinajstić information content (AvgIpc) is 2.39. The number of nitrogens with one attached hydrogen (secondary N) is 1. The molecule has 20 heavy (non-hydrogen) atoms. The number of hydrogen-bond donors (Lipinski definition) is 1. The van der Waals surface area contributed by atoms with Gasteiger partial charge in [0.1, 0.15) is 5.75 Å². The van der Waals surface area contributed by atoms with E-state index in [2.05, 4.69) is 35.2 Å². The molecule has 0 radical (unpaired) electrons. The van der Waals surface area contributed by atoms with Gasteiger partial charge in [-0.1, -0.05) is 25.4 Å². The van der Waals surface area contributed by atoms with Crippen LogP contribution in [0.5, 0.6) is 11.6 Å². The molecule has 0 spiro atoms. The van der Waals surface area contributed by atoms with Gasteiger partial charge < -0.3 is 10.1 Å². The van der Waals surface area contributed by atoms with Crippen LogP contribution in [0.15, 0.2) is 30.7 Å². The van der Waals surface area contributed by atoms with Gasteiger partial charge >= 0.3 is 0 Å². The standard InChI is InChI=1S/C15H18ClN3O/c1-10(2)18-6-12-4-11(3)15(19-7-12)20-14-5-13(16)8-17-9-14/h4-5,7-10,18H,6H2,1-3H3. The van der Waals surface area contributed by atoms with Crippen LogP contribution >= 0.6 is 11.6 Å². The molecule has 0 atom stereocenters. The van der Waals surface area contributed by atoms with Gasteiger partial charge in [0, 0.05) is 36.6 Å². The van der Waals surface area contributed by atoms with Crippen molar-refractivity contribution in [2.24, 2.45) is 0 Å². The van der Waals surface area contributed by atoms with Gasteiger partial charge in [-0.15, -0.1) is 0 Å². The Morgan fingerprint density at radius 2 is 2.05 bits per heavy atom. The maximum atomic E-state index is 5.88. The zero-order valence-electron chi connectivity index (χ0n) is 11.9. The largest absolute Gasteiger partial charge is 0.437 e. The number of pyridine rings is 2. The molecule has 0 fully saturated rings. The van der Waals surface area contributed by atoms with Crippen molar-refractivity contribution in [1.29, 1.82) is 0 Å². The van der Waals surface area contributed by atoms with Gasteiger partial charge in [0.25, 0.3) is 0 Å².